The maximum absolute atomic E-state index is 2.34. The van der Waals surface area contributed by atoms with E-state index in [1.54, 1.807) is 11.1 Å². The summed E-state index contributed by atoms with van der Waals surface area (Å²) in [6.07, 6.45) is 21.2. The summed E-state index contributed by atoms with van der Waals surface area (Å²) in [6.45, 7) is 0. The van der Waals surface area contributed by atoms with Gasteiger partial charge in [0, 0.05) is 0 Å². The van der Waals surface area contributed by atoms with E-state index in [2.05, 4.69) is 36.5 Å². The van der Waals surface area contributed by atoms with Crippen LogP contribution in [0, 0.1) is 0 Å². The van der Waals surface area contributed by atoms with Crippen LogP contribution >= 0.6 is 0 Å². The van der Waals surface area contributed by atoms with Crippen molar-refractivity contribution in [3.8, 4) is 0 Å². The summed E-state index contributed by atoms with van der Waals surface area (Å²) in [5.41, 5.74) is 3.09. The maximum atomic E-state index is 2.34. The molecule has 2 aliphatic carbocycles. The monoisotopic (exact) mass is 186 g/mol. The van der Waals surface area contributed by atoms with Gasteiger partial charge in [-0.15, -0.1) is 0 Å². The Bertz CT molecular complexity index is 268. The molecule has 0 heterocycles. The van der Waals surface area contributed by atoms with Crippen LogP contribution in [-0.4, -0.2) is 0 Å². The lowest BCUT2D eigenvalue weighted by molar-refractivity contribution is 0.739. The average molecular weight is 186 g/mol. The minimum atomic E-state index is 1.16. The zero-order chi connectivity index (χ0) is 9.64. The van der Waals surface area contributed by atoms with E-state index in [0.717, 1.165) is 12.8 Å². The van der Waals surface area contributed by atoms with Crippen molar-refractivity contribution in [1.29, 1.82) is 0 Å². The molecule has 0 aromatic rings. The summed E-state index contributed by atoms with van der Waals surface area (Å²) in [5, 5.41) is 0. The number of unbranched alkanes of at least 4 members (excludes halogenated alkanes) is 1. The first kappa shape index (κ1) is 9.51. The Hall–Kier alpha value is -1.04. The predicted molar refractivity (Wildman–Crippen MR) is 62.1 cm³/mol. The Balaban J connectivity index is 1.59. The second-order valence-corrected chi connectivity index (χ2v) is 4.04. The fourth-order valence-corrected chi connectivity index (χ4v) is 2.04. The van der Waals surface area contributed by atoms with E-state index >= 15 is 0 Å². The zero-order valence-corrected chi connectivity index (χ0v) is 8.71. The molecular formula is C14H18. The molecule has 14 heavy (non-hydrogen) atoms. The molecule has 0 heteroatoms. The largest absolute Gasteiger partial charge is 0.0805 e. The van der Waals surface area contributed by atoms with Gasteiger partial charge in [0.25, 0.3) is 0 Å². The Morgan fingerprint density at radius 2 is 1.29 bits per heavy atom. The molecule has 0 saturated carbocycles. The molecule has 0 bridgehead atoms. The first-order chi connectivity index (χ1) is 6.95. The van der Waals surface area contributed by atoms with Crippen LogP contribution in [0.3, 0.4) is 0 Å². The Labute approximate surface area is 86.7 Å². The average Bonchev–Trinajstić information content (AvgIpc) is 2.86. The van der Waals surface area contributed by atoms with Gasteiger partial charge >= 0.3 is 0 Å². The minimum Gasteiger partial charge on any atom is -0.0805 e. The van der Waals surface area contributed by atoms with Gasteiger partial charge in [-0.25, -0.2) is 0 Å². The van der Waals surface area contributed by atoms with E-state index < -0.39 is 0 Å². The fraction of sp³-hybridized carbons (Fsp3) is 0.429. The summed E-state index contributed by atoms with van der Waals surface area (Å²) in [5.74, 6) is 0. The van der Waals surface area contributed by atoms with Crippen LogP contribution in [0.15, 0.2) is 47.6 Å². The molecule has 0 unspecified atom stereocenters. The van der Waals surface area contributed by atoms with Gasteiger partial charge in [0.2, 0.25) is 0 Å². The highest BCUT2D eigenvalue weighted by atomic mass is 14.1. The summed E-state index contributed by atoms with van der Waals surface area (Å²) in [7, 11) is 0. The van der Waals surface area contributed by atoms with Gasteiger partial charge in [-0.3, -0.25) is 0 Å². The van der Waals surface area contributed by atoms with E-state index in [-0.39, 0.29) is 0 Å². The third-order valence-electron chi connectivity index (χ3n) is 2.88. The zero-order valence-electron chi connectivity index (χ0n) is 8.71. The highest BCUT2D eigenvalue weighted by Gasteiger charge is 2.00. The van der Waals surface area contributed by atoms with E-state index in [9.17, 15) is 0 Å². The van der Waals surface area contributed by atoms with Crippen molar-refractivity contribution in [2.45, 2.75) is 38.5 Å². The van der Waals surface area contributed by atoms with Gasteiger partial charge in [-0.2, -0.15) is 0 Å². The second-order valence-electron chi connectivity index (χ2n) is 4.04. The lowest BCUT2D eigenvalue weighted by Crippen LogP contribution is -1.81. The molecule has 0 aliphatic heterocycles. The number of allylic oxidation sites excluding steroid dienone is 8. The quantitative estimate of drug-likeness (QED) is 0.561. The molecule has 0 atom stereocenters. The predicted octanol–water partition coefficient (Wildman–Crippen LogP) is 4.32. The second kappa shape index (κ2) is 4.99. The van der Waals surface area contributed by atoms with Crippen molar-refractivity contribution in [3.05, 3.63) is 47.6 Å². The van der Waals surface area contributed by atoms with E-state index in [0.29, 0.717) is 0 Å². The molecule has 0 aromatic carbocycles. The molecule has 2 rings (SSSR count). The molecule has 0 N–H and O–H groups in total. The van der Waals surface area contributed by atoms with Crippen LogP contribution in [0.25, 0.3) is 0 Å². The smallest absolute Gasteiger partial charge is 0.0160 e. The minimum absolute atomic E-state index is 1.16. The number of hydrogen-bond donors (Lipinski definition) is 0. The normalized spacial score (nSPS) is 18.9. The van der Waals surface area contributed by atoms with Crippen LogP contribution in [0.4, 0.5) is 0 Å². The van der Waals surface area contributed by atoms with Gasteiger partial charge in [0.15, 0.2) is 0 Å². The summed E-state index contributed by atoms with van der Waals surface area (Å²) in [4.78, 5) is 0. The summed E-state index contributed by atoms with van der Waals surface area (Å²) >= 11 is 0. The first-order valence-corrected chi connectivity index (χ1v) is 5.66. The van der Waals surface area contributed by atoms with Crippen LogP contribution < -0.4 is 0 Å². The molecule has 0 spiro atoms. The molecular weight excluding hydrogens is 168 g/mol. The van der Waals surface area contributed by atoms with E-state index in [4.69, 9.17) is 0 Å². The lowest BCUT2D eigenvalue weighted by Gasteiger charge is -2.00. The van der Waals surface area contributed by atoms with Crippen molar-refractivity contribution < 1.29 is 0 Å². The van der Waals surface area contributed by atoms with E-state index in [1.165, 1.54) is 25.7 Å². The third kappa shape index (κ3) is 2.73. The van der Waals surface area contributed by atoms with Gasteiger partial charge in [0.05, 0.1) is 0 Å². The molecule has 74 valence electrons. The van der Waals surface area contributed by atoms with Crippen molar-refractivity contribution in [3.63, 3.8) is 0 Å². The Kier molecular flexibility index (Phi) is 3.39. The molecule has 0 fully saturated rings. The third-order valence-corrected chi connectivity index (χ3v) is 2.88. The standard InChI is InChI=1S/C14H18/c1-2-8-13(7-1)11-5-6-12-14-9-3-4-10-14/h1,3,7-10H,2,4-6,11-12H2. The SMILES string of the molecule is C1=CC(CCCCC2=CCC=C2)=CC1. The van der Waals surface area contributed by atoms with Crippen LogP contribution in [-0.2, 0) is 0 Å². The van der Waals surface area contributed by atoms with E-state index in [1.807, 2.05) is 0 Å². The lowest BCUT2D eigenvalue weighted by atomic mass is 10.1. The van der Waals surface area contributed by atoms with Crippen LogP contribution in [0.5, 0.6) is 0 Å². The molecule has 0 saturated heterocycles. The maximum Gasteiger partial charge on any atom is -0.0160 e. The topological polar surface area (TPSA) is 0 Å². The van der Waals surface area contributed by atoms with Crippen molar-refractivity contribution in [2.75, 3.05) is 0 Å². The number of rotatable bonds is 5. The van der Waals surface area contributed by atoms with Gasteiger partial charge in [0.1, 0.15) is 0 Å². The molecule has 2 aliphatic rings. The molecule has 0 amide bonds. The highest BCUT2D eigenvalue weighted by Crippen LogP contribution is 2.20. The first-order valence-electron chi connectivity index (χ1n) is 5.66. The fourth-order valence-electron chi connectivity index (χ4n) is 2.04. The Morgan fingerprint density at radius 1 is 0.786 bits per heavy atom. The molecule has 0 radical (unpaired) electrons. The van der Waals surface area contributed by atoms with Crippen LogP contribution in [0.1, 0.15) is 38.5 Å². The Morgan fingerprint density at radius 3 is 1.64 bits per heavy atom. The van der Waals surface area contributed by atoms with Gasteiger partial charge < -0.3 is 0 Å². The summed E-state index contributed by atoms with van der Waals surface area (Å²) < 4.78 is 0. The van der Waals surface area contributed by atoms with Crippen molar-refractivity contribution in [2.24, 2.45) is 0 Å². The van der Waals surface area contributed by atoms with Crippen molar-refractivity contribution in [1.82, 2.24) is 0 Å². The van der Waals surface area contributed by atoms with Crippen molar-refractivity contribution >= 4 is 0 Å². The van der Waals surface area contributed by atoms with Gasteiger partial charge in [-0.05, 0) is 38.5 Å². The number of hydrogen-bond acceptors (Lipinski definition) is 0. The summed E-state index contributed by atoms with van der Waals surface area (Å²) in [6, 6.07) is 0. The molecule has 0 aromatic heterocycles. The highest BCUT2D eigenvalue weighted by molar-refractivity contribution is 5.27. The van der Waals surface area contributed by atoms with Gasteiger partial charge in [-0.1, -0.05) is 47.6 Å². The van der Waals surface area contributed by atoms with Crippen LogP contribution in [0.2, 0.25) is 0 Å². The molecule has 0 nitrogen and oxygen atoms in total.